The maximum atomic E-state index is 11.5. The molecule has 0 aliphatic rings. The molecule has 116 valence electrons. The van der Waals surface area contributed by atoms with Crippen LogP contribution in [0.25, 0.3) is 0 Å². The topological polar surface area (TPSA) is 93.1 Å². The van der Waals surface area contributed by atoms with E-state index < -0.39 is 24.1 Å². The minimum atomic E-state index is -1.31. The van der Waals surface area contributed by atoms with Crippen LogP contribution in [0.2, 0.25) is 0 Å². The molecular weight excluding hydrogens is 276 g/mol. The van der Waals surface area contributed by atoms with Gasteiger partial charge in [0.2, 0.25) is 0 Å². The number of carbonyl (C=O) groups excluding carboxylic acids is 2. The lowest BCUT2D eigenvalue weighted by Crippen LogP contribution is -2.24. The molecule has 2 atom stereocenters. The molecular formula is C15H20O6. The number of methoxy groups -OCH3 is 1. The zero-order valence-corrected chi connectivity index (χ0v) is 12.3. The molecule has 0 saturated heterocycles. The SMILES string of the molecule is CCOC(=O)CC(O)C(O)c1cc(C(=O)OC)ccc1C. The molecule has 0 aromatic heterocycles. The van der Waals surface area contributed by atoms with E-state index in [0.717, 1.165) is 0 Å². The Bertz CT molecular complexity index is 511. The number of hydrogen-bond acceptors (Lipinski definition) is 6. The molecule has 0 bridgehead atoms. The zero-order chi connectivity index (χ0) is 16.0. The Labute approximate surface area is 123 Å². The van der Waals surface area contributed by atoms with Gasteiger partial charge in [-0.25, -0.2) is 4.79 Å². The molecule has 1 aromatic carbocycles. The van der Waals surface area contributed by atoms with Crippen molar-refractivity contribution in [2.45, 2.75) is 32.5 Å². The van der Waals surface area contributed by atoms with Gasteiger partial charge in [0.25, 0.3) is 0 Å². The lowest BCUT2D eigenvalue weighted by Gasteiger charge is -2.19. The summed E-state index contributed by atoms with van der Waals surface area (Å²) in [4.78, 5) is 22.8. The van der Waals surface area contributed by atoms with Crippen LogP contribution in [0.4, 0.5) is 0 Å². The van der Waals surface area contributed by atoms with E-state index in [2.05, 4.69) is 4.74 Å². The molecule has 0 heterocycles. The van der Waals surface area contributed by atoms with Gasteiger partial charge in [-0.1, -0.05) is 6.07 Å². The van der Waals surface area contributed by atoms with Crippen molar-refractivity contribution >= 4 is 11.9 Å². The molecule has 1 rings (SSSR count). The van der Waals surface area contributed by atoms with Crippen molar-refractivity contribution in [3.63, 3.8) is 0 Å². The number of ether oxygens (including phenoxy) is 2. The summed E-state index contributed by atoms with van der Waals surface area (Å²) < 4.78 is 9.33. The van der Waals surface area contributed by atoms with Crippen molar-refractivity contribution < 1.29 is 29.3 Å². The molecule has 1 aromatic rings. The molecule has 21 heavy (non-hydrogen) atoms. The number of carbonyl (C=O) groups is 2. The summed E-state index contributed by atoms with van der Waals surface area (Å²) >= 11 is 0. The highest BCUT2D eigenvalue weighted by Crippen LogP contribution is 2.24. The van der Waals surface area contributed by atoms with Gasteiger partial charge in [0.15, 0.2) is 0 Å². The molecule has 6 heteroatoms. The monoisotopic (exact) mass is 296 g/mol. The average Bonchev–Trinajstić information content (AvgIpc) is 2.46. The smallest absolute Gasteiger partial charge is 0.337 e. The summed E-state index contributed by atoms with van der Waals surface area (Å²) in [6, 6.07) is 4.65. The largest absolute Gasteiger partial charge is 0.466 e. The Balaban J connectivity index is 2.92. The minimum Gasteiger partial charge on any atom is -0.466 e. The number of aliphatic hydroxyl groups is 2. The summed E-state index contributed by atoms with van der Waals surface area (Å²) in [5, 5.41) is 20.1. The van der Waals surface area contributed by atoms with Gasteiger partial charge in [-0.3, -0.25) is 4.79 Å². The van der Waals surface area contributed by atoms with Crippen LogP contribution in [0.3, 0.4) is 0 Å². The van der Waals surface area contributed by atoms with E-state index in [1.54, 1.807) is 26.0 Å². The number of rotatable bonds is 6. The summed E-state index contributed by atoms with van der Waals surface area (Å²) in [7, 11) is 1.26. The fourth-order valence-electron chi connectivity index (χ4n) is 1.91. The van der Waals surface area contributed by atoms with E-state index in [4.69, 9.17) is 4.74 Å². The number of hydrogen-bond donors (Lipinski definition) is 2. The molecule has 2 N–H and O–H groups in total. The van der Waals surface area contributed by atoms with Crippen LogP contribution >= 0.6 is 0 Å². The standard InChI is InChI=1S/C15H20O6/c1-4-21-13(17)8-12(16)14(18)11-7-10(15(19)20-3)6-5-9(11)2/h5-7,12,14,16,18H,4,8H2,1-3H3. The molecule has 6 nitrogen and oxygen atoms in total. The van der Waals surface area contributed by atoms with Crippen LogP contribution in [-0.4, -0.2) is 42.0 Å². The van der Waals surface area contributed by atoms with Gasteiger partial charge in [0.1, 0.15) is 6.10 Å². The van der Waals surface area contributed by atoms with Gasteiger partial charge in [-0.15, -0.1) is 0 Å². The van der Waals surface area contributed by atoms with Gasteiger partial charge in [0.05, 0.1) is 31.8 Å². The van der Waals surface area contributed by atoms with E-state index in [1.165, 1.54) is 13.2 Å². The Hall–Kier alpha value is -1.92. The molecule has 0 radical (unpaired) electrons. The van der Waals surface area contributed by atoms with Gasteiger partial charge < -0.3 is 19.7 Å². The first kappa shape index (κ1) is 17.1. The highest BCUT2D eigenvalue weighted by atomic mass is 16.5. The quantitative estimate of drug-likeness (QED) is 0.764. The Morgan fingerprint density at radius 1 is 1.29 bits per heavy atom. The maximum absolute atomic E-state index is 11.5. The van der Waals surface area contributed by atoms with E-state index in [9.17, 15) is 19.8 Å². The zero-order valence-electron chi connectivity index (χ0n) is 12.3. The first-order valence-electron chi connectivity index (χ1n) is 6.61. The second-order valence-corrected chi connectivity index (χ2v) is 4.58. The average molecular weight is 296 g/mol. The van der Waals surface area contributed by atoms with Crippen LogP contribution in [0.5, 0.6) is 0 Å². The highest BCUT2D eigenvalue weighted by Gasteiger charge is 2.24. The summed E-state index contributed by atoms with van der Waals surface area (Å²) in [5.74, 6) is -1.13. The predicted octanol–water partition coefficient (Wildman–Crippen LogP) is 1.13. The van der Waals surface area contributed by atoms with Gasteiger partial charge >= 0.3 is 11.9 Å². The van der Waals surface area contributed by atoms with Crippen LogP contribution in [0.15, 0.2) is 18.2 Å². The summed E-state index contributed by atoms with van der Waals surface area (Å²) in [5.41, 5.74) is 1.33. The van der Waals surface area contributed by atoms with E-state index in [0.29, 0.717) is 11.1 Å². The second-order valence-electron chi connectivity index (χ2n) is 4.58. The third-order valence-electron chi connectivity index (χ3n) is 3.06. The fourth-order valence-corrected chi connectivity index (χ4v) is 1.91. The number of aliphatic hydroxyl groups excluding tert-OH is 2. The van der Waals surface area contributed by atoms with Gasteiger partial charge in [-0.2, -0.15) is 0 Å². The Morgan fingerprint density at radius 2 is 1.95 bits per heavy atom. The summed E-state index contributed by atoms with van der Waals surface area (Å²) in [6.07, 6.45) is -2.92. The van der Waals surface area contributed by atoms with Crippen molar-refractivity contribution in [1.82, 2.24) is 0 Å². The van der Waals surface area contributed by atoms with Gasteiger partial charge in [-0.05, 0) is 37.1 Å². The summed E-state index contributed by atoms with van der Waals surface area (Å²) in [6.45, 7) is 3.60. The number of benzene rings is 1. The van der Waals surface area contributed by atoms with Crippen LogP contribution in [0, 0.1) is 6.92 Å². The first-order valence-corrected chi connectivity index (χ1v) is 6.61. The van der Waals surface area contributed by atoms with Crippen LogP contribution < -0.4 is 0 Å². The number of aryl methyl sites for hydroxylation is 1. The minimum absolute atomic E-state index is 0.207. The normalized spacial score (nSPS) is 13.4. The Morgan fingerprint density at radius 3 is 2.52 bits per heavy atom. The lowest BCUT2D eigenvalue weighted by molar-refractivity contribution is -0.147. The van der Waals surface area contributed by atoms with Crippen molar-refractivity contribution in [3.8, 4) is 0 Å². The van der Waals surface area contributed by atoms with Crippen LogP contribution in [0.1, 0.15) is 40.9 Å². The number of esters is 2. The third kappa shape index (κ3) is 4.54. The second kappa shape index (κ2) is 7.75. The van der Waals surface area contributed by atoms with E-state index in [1.807, 2.05) is 0 Å². The third-order valence-corrected chi connectivity index (χ3v) is 3.06. The van der Waals surface area contributed by atoms with E-state index >= 15 is 0 Å². The molecule has 0 saturated carbocycles. The molecule has 2 unspecified atom stereocenters. The molecule has 0 fully saturated rings. The van der Waals surface area contributed by atoms with E-state index in [-0.39, 0.29) is 18.6 Å². The maximum Gasteiger partial charge on any atom is 0.337 e. The van der Waals surface area contributed by atoms with Gasteiger partial charge in [0, 0.05) is 0 Å². The van der Waals surface area contributed by atoms with Crippen molar-refractivity contribution in [2.24, 2.45) is 0 Å². The molecule has 0 aliphatic carbocycles. The van der Waals surface area contributed by atoms with Crippen LogP contribution in [-0.2, 0) is 14.3 Å². The highest BCUT2D eigenvalue weighted by molar-refractivity contribution is 5.89. The molecule has 0 spiro atoms. The lowest BCUT2D eigenvalue weighted by atomic mass is 9.96. The first-order chi connectivity index (χ1) is 9.90. The molecule has 0 amide bonds. The van der Waals surface area contributed by atoms with Crippen molar-refractivity contribution in [1.29, 1.82) is 0 Å². The van der Waals surface area contributed by atoms with Crippen molar-refractivity contribution in [3.05, 3.63) is 34.9 Å². The van der Waals surface area contributed by atoms with Crippen molar-refractivity contribution in [2.75, 3.05) is 13.7 Å². The fraction of sp³-hybridized carbons (Fsp3) is 0.467. The molecule has 0 aliphatic heterocycles. The Kier molecular flexibility index (Phi) is 6.33. The predicted molar refractivity (Wildman–Crippen MR) is 74.7 cm³/mol.